The fraction of sp³-hybridized carbons (Fsp3) is 0.438. The Morgan fingerprint density at radius 1 is 0.634 bits per heavy atom. The van der Waals surface area contributed by atoms with Gasteiger partial charge in [0, 0.05) is 62.5 Å². The van der Waals surface area contributed by atoms with Crippen molar-refractivity contribution in [1.82, 2.24) is 9.80 Å². The monoisotopic (exact) mass is 1100 g/mol. The van der Waals surface area contributed by atoms with Gasteiger partial charge in [-0.25, -0.2) is 4.79 Å². The first-order chi connectivity index (χ1) is 32.9. The summed E-state index contributed by atoms with van der Waals surface area (Å²) >= 11 is 1.92. The molecule has 23 heteroatoms. The van der Waals surface area contributed by atoms with Gasteiger partial charge in [-0.2, -0.15) is 0 Å². The minimum Gasteiger partial charge on any atom is -0.508 e. The minimum atomic E-state index is -2.73. The van der Waals surface area contributed by atoms with Gasteiger partial charge < -0.3 is 66.9 Å². The number of aromatic hydroxyl groups is 2. The van der Waals surface area contributed by atoms with Gasteiger partial charge in [0.2, 0.25) is 11.6 Å². The van der Waals surface area contributed by atoms with E-state index in [4.69, 9.17) is 16.2 Å². The van der Waals surface area contributed by atoms with Crippen LogP contribution in [-0.4, -0.2) is 178 Å². The fourth-order valence-electron chi connectivity index (χ4n) is 11.6. The fourth-order valence-corrected chi connectivity index (χ4v) is 12.2. The van der Waals surface area contributed by atoms with Crippen LogP contribution in [0.25, 0.3) is 11.5 Å². The number of aliphatic hydroxyl groups excluding tert-OH is 4. The molecule has 8 rings (SSSR count). The third kappa shape index (κ3) is 7.44. The lowest BCUT2D eigenvalue weighted by atomic mass is 9.57. The number of aliphatic hydroxyl groups is 6. The Hall–Kier alpha value is -6.54. The summed E-state index contributed by atoms with van der Waals surface area (Å²) in [7, 11) is 14.4. The zero-order chi connectivity index (χ0) is 53.2. The lowest BCUT2D eigenvalue weighted by molar-refractivity contribution is -0.155. The Kier molecular flexibility index (Phi) is 13.2. The van der Waals surface area contributed by atoms with Gasteiger partial charge in [-0.15, -0.1) is 0 Å². The zero-order valence-electron chi connectivity index (χ0n) is 40.1. The number of nitrogens with zero attached hydrogens (tertiary/aromatic N) is 4. The average Bonchev–Trinajstić information content (AvgIpc) is 3.26. The second-order valence-electron chi connectivity index (χ2n) is 19.4. The molecule has 0 heterocycles. The highest BCUT2D eigenvalue weighted by molar-refractivity contribution is 14.1. The molecule has 2 aromatic rings. The molecule has 0 spiro atoms. The number of ketones is 4. The first-order valence-corrected chi connectivity index (χ1v) is 23.2. The summed E-state index contributed by atoms with van der Waals surface area (Å²) in [6.07, 6.45) is 0.396. The van der Waals surface area contributed by atoms with Crippen LogP contribution in [0.2, 0.25) is 0 Å². The number of benzene rings is 2. The Balaban J connectivity index is 0.000000209. The summed E-state index contributed by atoms with van der Waals surface area (Å²) in [5.41, 5.74) is 5.09. The Bertz CT molecular complexity index is 2940. The Morgan fingerprint density at radius 3 is 1.34 bits per heavy atom. The molecular weight excluding hydrogens is 1040 g/mol. The van der Waals surface area contributed by atoms with Gasteiger partial charge in [-0.1, -0.05) is 0 Å². The molecule has 22 nitrogen and oxygen atoms in total. The number of phenolic OH excluding ortho intramolecular Hbond substituents is 2. The number of methoxy groups -OCH3 is 1. The number of carbonyl (C=O) groups is 7. The number of amides is 2. The quantitative estimate of drug-likeness (QED) is 0.102. The maximum absolute atomic E-state index is 13.9. The van der Waals surface area contributed by atoms with E-state index in [-0.39, 0.29) is 59.3 Å². The van der Waals surface area contributed by atoms with E-state index in [1.165, 1.54) is 30.0 Å². The van der Waals surface area contributed by atoms with Gasteiger partial charge in [-0.3, -0.25) is 38.6 Å². The van der Waals surface area contributed by atoms with E-state index in [0.717, 1.165) is 12.8 Å². The van der Waals surface area contributed by atoms with E-state index < -0.39 is 128 Å². The molecule has 2 amide bonds. The molecule has 8 atom stereocenters. The third-order valence-corrected chi connectivity index (χ3v) is 15.5. The summed E-state index contributed by atoms with van der Waals surface area (Å²) in [6.45, 7) is 0. The van der Waals surface area contributed by atoms with Crippen LogP contribution in [0.1, 0.15) is 45.5 Å². The number of likely N-dealkylation sites (N-methyl/N-ethyl adjacent to an activating group) is 2. The Morgan fingerprint density at radius 2 is 1.00 bits per heavy atom. The number of ether oxygens (including phenoxy) is 1. The van der Waals surface area contributed by atoms with Crippen LogP contribution in [0.15, 0.2) is 45.9 Å². The van der Waals surface area contributed by atoms with E-state index >= 15 is 0 Å². The number of primary amides is 2. The number of Topliss-reactive ketones (excluding diaryl/α,β-unsaturated/α-hetero) is 4. The highest BCUT2D eigenvalue weighted by atomic mass is 127. The summed E-state index contributed by atoms with van der Waals surface area (Å²) < 4.78 is 5.20. The van der Waals surface area contributed by atoms with Crippen LogP contribution in [0, 0.1) is 27.2 Å². The number of carbonyl (C=O) groups excluding carboxylic acids is 7. The van der Waals surface area contributed by atoms with Crippen LogP contribution in [0.5, 0.6) is 11.5 Å². The van der Waals surface area contributed by atoms with Crippen molar-refractivity contribution < 1.29 is 79.2 Å². The van der Waals surface area contributed by atoms with Gasteiger partial charge in [0.05, 0.1) is 33.9 Å². The number of rotatable bonds is 7. The summed E-state index contributed by atoms with van der Waals surface area (Å²) in [4.78, 5) is 96.7. The number of nitrogens with two attached hydrogens (primary N) is 2. The number of anilines is 2. The number of hydrogen-bond donors (Lipinski definition) is 10. The molecule has 380 valence electrons. The normalized spacial score (nSPS) is 27.8. The van der Waals surface area contributed by atoms with E-state index in [0.29, 0.717) is 20.4 Å². The Labute approximate surface area is 419 Å². The molecule has 2 saturated carbocycles. The summed E-state index contributed by atoms with van der Waals surface area (Å²) in [6, 6.07) is 0.922. The van der Waals surface area contributed by atoms with Crippen LogP contribution < -0.4 is 21.3 Å². The van der Waals surface area contributed by atoms with Gasteiger partial charge in [0.15, 0.2) is 22.8 Å². The third-order valence-electron chi connectivity index (χ3n) is 14.7. The van der Waals surface area contributed by atoms with Gasteiger partial charge in [0.25, 0.3) is 11.8 Å². The number of fused-ring (bicyclic) bond motifs is 6. The van der Waals surface area contributed by atoms with Gasteiger partial charge in [0.1, 0.15) is 51.2 Å². The van der Waals surface area contributed by atoms with Crippen molar-refractivity contribution in [1.29, 1.82) is 0 Å². The maximum atomic E-state index is 13.9. The van der Waals surface area contributed by atoms with Crippen molar-refractivity contribution in [2.45, 2.75) is 49.0 Å². The lowest BCUT2D eigenvalue weighted by Crippen LogP contribution is -2.65. The molecular formula is C48H55IN6O16. The lowest BCUT2D eigenvalue weighted by Gasteiger charge is -2.50. The molecule has 71 heavy (non-hydrogen) atoms. The largest absolute Gasteiger partial charge is 0.508 e. The molecule has 2 aromatic carbocycles. The molecule has 0 aliphatic heterocycles. The van der Waals surface area contributed by atoms with Crippen LogP contribution in [-0.2, 0) is 46.3 Å². The van der Waals surface area contributed by atoms with Crippen LogP contribution in [0.3, 0.4) is 0 Å². The van der Waals surface area contributed by atoms with Crippen LogP contribution >= 0.6 is 22.6 Å². The first-order valence-electron chi connectivity index (χ1n) is 22.1. The van der Waals surface area contributed by atoms with Gasteiger partial charge in [-0.05, 0) is 112 Å². The number of esters is 1. The molecule has 0 unspecified atom stereocenters. The van der Waals surface area contributed by atoms with E-state index in [1.807, 2.05) is 41.6 Å². The SMILES string of the molecule is CN(C)c1cc(I)c(O)c2c1C[C@H]1C[C@H]3[C@H](N(C)C)C(=O)C(C(N)=O)=C(O)[C@@]3(O)C(=O)C1=C2O.COC(=O)c1cc(N(C)C)c2c(c1O)C(O)=C1C(=O)[C@]3(O)C(O)=C(C(N)=O)C(=O)[C@@H](N(C)C)[C@@H]3C[C@@H]1C2. The van der Waals surface area contributed by atoms with Crippen molar-refractivity contribution in [3.63, 3.8) is 0 Å². The summed E-state index contributed by atoms with van der Waals surface area (Å²) in [5.74, 6) is -15.0. The molecule has 0 aromatic heterocycles. The zero-order valence-corrected chi connectivity index (χ0v) is 42.3. The van der Waals surface area contributed by atoms with Crippen molar-refractivity contribution in [2.75, 3.05) is 73.3 Å². The van der Waals surface area contributed by atoms with Crippen molar-refractivity contribution >= 4 is 86.4 Å². The molecule has 6 aliphatic rings. The van der Waals surface area contributed by atoms with Gasteiger partial charge >= 0.3 is 5.97 Å². The number of hydrogen-bond acceptors (Lipinski definition) is 20. The standard InChI is InChI=1S/C25H29N3O9.C23H26IN3O7/c1-27(2)13-8-11(24(35)37-5)18(29)15-10(13)6-9-7-12-17(28(3)4)20(31)16(23(26)34)22(33)25(12,36)21(32)14(9)19(15)30;1-26(2)12-7-11(24)17(28)14-9(12)5-8-6-10-16(27(3)4)19(30)15(22(25)33)21(32)23(10,34)20(31)13(8)18(14)29/h8-9,12,17,29-30,33,36H,6-7H2,1-5H3,(H2,26,34);7-8,10,16,28-29,32,34H,5-6H2,1-4H3,(H2,25,33)/t9-,12-,17-,25-;8-,10-,16-,23-/m00/s1. The molecule has 0 radical (unpaired) electrons. The predicted octanol–water partition coefficient (Wildman–Crippen LogP) is 0.451. The van der Waals surface area contributed by atoms with E-state index in [1.54, 1.807) is 39.2 Å². The average molecular weight is 1100 g/mol. The molecule has 2 fully saturated rings. The topological polar surface area (TPSA) is 356 Å². The first kappa shape index (κ1) is 52.3. The van der Waals surface area contributed by atoms with E-state index in [2.05, 4.69) is 0 Å². The minimum absolute atomic E-state index is 0.0296. The van der Waals surface area contributed by atoms with E-state index in [9.17, 15) is 74.4 Å². The highest BCUT2D eigenvalue weighted by Gasteiger charge is 2.66. The second-order valence-corrected chi connectivity index (χ2v) is 20.6. The molecule has 0 bridgehead atoms. The highest BCUT2D eigenvalue weighted by Crippen LogP contribution is 2.56. The summed E-state index contributed by atoms with van der Waals surface area (Å²) in [5, 5.41) is 89.2. The number of halogens is 1. The predicted molar refractivity (Wildman–Crippen MR) is 261 cm³/mol. The molecule has 6 aliphatic carbocycles. The molecule has 0 saturated heterocycles. The smallest absolute Gasteiger partial charge is 0.341 e. The van der Waals surface area contributed by atoms with Crippen molar-refractivity contribution in [3.05, 3.63) is 77.3 Å². The van der Waals surface area contributed by atoms with Crippen molar-refractivity contribution in [3.8, 4) is 11.5 Å². The van der Waals surface area contributed by atoms with Crippen molar-refractivity contribution in [2.24, 2.45) is 35.1 Å². The van der Waals surface area contributed by atoms with Crippen LogP contribution in [0.4, 0.5) is 11.4 Å². The second kappa shape index (κ2) is 17.9. The molecule has 12 N–H and O–H groups in total. The number of phenols is 2. The maximum Gasteiger partial charge on any atom is 0.341 e.